The van der Waals surface area contributed by atoms with Gasteiger partial charge >= 0.3 is 0 Å². The van der Waals surface area contributed by atoms with Gasteiger partial charge in [-0.2, -0.15) is 0 Å². The fourth-order valence-electron chi connectivity index (χ4n) is 1.53. The van der Waals surface area contributed by atoms with Crippen molar-refractivity contribution < 1.29 is 9.26 Å². The molecule has 0 spiro atoms. The van der Waals surface area contributed by atoms with Crippen molar-refractivity contribution >= 4 is 0 Å². The monoisotopic (exact) mass is 217 g/mol. The largest absolute Gasteiger partial charge is 0.490 e. The third-order valence-electron chi connectivity index (χ3n) is 2.15. The summed E-state index contributed by atoms with van der Waals surface area (Å²) in [7, 11) is 0. The Balaban J connectivity index is 2.40. The minimum atomic E-state index is 0.147. The first kappa shape index (κ1) is 10.7. The lowest BCUT2D eigenvalue weighted by molar-refractivity contribution is 0.243. The van der Waals surface area contributed by atoms with E-state index in [1.54, 1.807) is 0 Å². The standard InChI is InChI=1S/C13H15NO2/c1-9(2)15-13-7-5-4-6-11(13)12-8-10(3)16-14-12/h4-9H,1-3H3. The molecule has 16 heavy (non-hydrogen) atoms. The van der Waals surface area contributed by atoms with E-state index in [1.807, 2.05) is 51.1 Å². The van der Waals surface area contributed by atoms with Crippen molar-refractivity contribution in [3.8, 4) is 17.0 Å². The molecule has 1 aromatic carbocycles. The molecule has 0 saturated heterocycles. The summed E-state index contributed by atoms with van der Waals surface area (Å²) in [6, 6.07) is 9.75. The molecule has 2 rings (SSSR count). The van der Waals surface area contributed by atoms with Crippen LogP contribution < -0.4 is 4.74 Å². The summed E-state index contributed by atoms with van der Waals surface area (Å²) in [6.07, 6.45) is 0.147. The number of hydrogen-bond acceptors (Lipinski definition) is 3. The Bertz CT molecular complexity index is 474. The molecular weight excluding hydrogens is 202 g/mol. The molecule has 0 fully saturated rings. The third kappa shape index (κ3) is 2.24. The molecule has 0 radical (unpaired) electrons. The van der Waals surface area contributed by atoms with Crippen LogP contribution in [-0.4, -0.2) is 11.3 Å². The first-order valence-electron chi connectivity index (χ1n) is 5.36. The zero-order valence-corrected chi connectivity index (χ0v) is 9.73. The van der Waals surface area contributed by atoms with E-state index >= 15 is 0 Å². The fourth-order valence-corrected chi connectivity index (χ4v) is 1.53. The highest BCUT2D eigenvalue weighted by Gasteiger charge is 2.10. The molecule has 0 saturated carbocycles. The lowest BCUT2D eigenvalue weighted by Crippen LogP contribution is -2.06. The van der Waals surface area contributed by atoms with Crippen LogP contribution in [0.5, 0.6) is 5.75 Å². The van der Waals surface area contributed by atoms with Crippen molar-refractivity contribution in [1.29, 1.82) is 0 Å². The second-order valence-corrected chi connectivity index (χ2v) is 3.99. The summed E-state index contributed by atoms with van der Waals surface area (Å²) < 4.78 is 10.8. The molecule has 0 bridgehead atoms. The number of aryl methyl sites for hydroxylation is 1. The summed E-state index contributed by atoms with van der Waals surface area (Å²) in [5.74, 6) is 1.64. The van der Waals surface area contributed by atoms with Crippen LogP contribution in [0.4, 0.5) is 0 Å². The van der Waals surface area contributed by atoms with Crippen LogP contribution in [-0.2, 0) is 0 Å². The van der Waals surface area contributed by atoms with Crippen LogP contribution in [0.2, 0.25) is 0 Å². The Kier molecular flexibility index (Phi) is 2.95. The molecule has 1 heterocycles. The number of hydrogen-bond donors (Lipinski definition) is 0. The van der Waals surface area contributed by atoms with E-state index in [0.717, 1.165) is 22.8 Å². The van der Waals surface area contributed by atoms with Gasteiger partial charge in [-0.05, 0) is 32.9 Å². The predicted octanol–water partition coefficient (Wildman–Crippen LogP) is 3.44. The van der Waals surface area contributed by atoms with Gasteiger partial charge in [0.1, 0.15) is 17.2 Å². The SMILES string of the molecule is Cc1cc(-c2ccccc2OC(C)C)no1. The molecule has 0 amide bonds. The second-order valence-electron chi connectivity index (χ2n) is 3.99. The number of aromatic nitrogens is 1. The van der Waals surface area contributed by atoms with Gasteiger partial charge in [0, 0.05) is 11.6 Å². The highest BCUT2D eigenvalue weighted by molar-refractivity contribution is 5.66. The Hall–Kier alpha value is -1.77. The Morgan fingerprint density at radius 1 is 1.25 bits per heavy atom. The van der Waals surface area contributed by atoms with Crippen LogP contribution in [0.3, 0.4) is 0 Å². The van der Waals surface area contributed by atoms with Gasteiger partial charge in [-0.25, -0.2) is 0 Å². The summed E-state index contributed by atoms with van der Waals surface area (Å²) in [6.45, 7) is 5.89. The number of rotatable bonds is 3. The van der Waals surface area contributed by atoms with Crippen molar-refractivity contribution in [2.45, 2.75) is 26.9 Å². The van der Waals surface area contributed by atoms with Crippen LogP contribution >= 0.6 is 0 Å². The molecule has 3 heteroatoms. The molecular formula is C13H15NO2. The lowest BCUT2D eigenvalue weighted by atomic mass is 10.1. The van der Waals surface area contributed by atoms with Crippen LogP contribution in [0.15, 0.2) is 34.9 Å². The van der Waals surface area contributed by atoms with Gasteiger partial charge < -0.3 is 9.26 Å². The maximum absolute atomic E-state index is 5.73. The first-order chi connectivity index (χ1) is 7.66. The van der Waals surface area contributed by atoms with Gasteiger partial charge in [0.25, 0.3) is 0 Å². The first-order valence-corrected chi connectivity index (χ1v) is 5.36. The summed E-state index contributed by atoms with van der Waals surface area (Å²) in [5, 5.41) is 4.00. The highest BCUT2D eigenvalue weighted by atomic mass is 16.5. The van der Waals surface area contributed by atoms with Crippen molar-refractivity contribution in [3.05, 3.63) is 36.1 Å². The molecule has 2 aromatic rings. The van der Waals surface area contributed by atoms with Crippen molar-refractivity contribution in [2.24, 2.45) is 0 Å². The second kappa shape index (κ2) is 4.39. The van der Waals surface area contributed by atoms with Crippen molar-refractivity contribution in [3.63, 3.8) is 0 Å². The number of ether oxygens (including phenoxy) is 1. The smallest absolute Gasteiger partial charge is 0.134 e. The van der Waals surface area contributed by atoms with Crippen LogP contribution in [0.25, 0.3) is 11.3 Å². The maximum Gasteiger partial charge on any atom is 0.134 e. The topological polar surface area (TPSA) is 35.3 Å². The Morgan fingerprint density at radius 2 is 2.00 bits per heavy atom. The Morgan fingerprint density at radius 3 is 2.62 bits per heavy atom. The summed E-state index contributed by atoms with van der Waals surface area (Å²) >= 11 is 0. The normalized spacial score (nSPS) is 10.8. The van der Waals surface area contributed by atoms with E-state index in [-0.39, 0.29) is 6.10 Å². The fraction of sp³-hybridized carbons (Fsp3) is 0.308. The molecule has 3 nitrogen and oxygen atoms in total. The lowest BCUT2D eigenvalue weighted by Gasteiger charge is -2.12. The molecule has 0 N–H and O–H groups in total. The zero-order valence-electron chi connectivity index (χ0n) is 9.73. The number of benzene rings is 1. The van der Waals surface area contributed by atoms with E-state index < -0.39 is 0 Å². The molecule has 0 unspecified atom stereocenters. The molecule has 84 valence electrons. The zero-order chi connectivity index (χ0) is 11.5. The molecule has 1 aromatic heterocycles. The highest BCUT2D eigenvalue weighted by Crippen LogP contribution is 2.29. The maximum atomic E-state index is 5.73. The third-order valence-corrected chi connectivity index (χ3v) is 2.15. The minimum absolute atomic E-state index is 0.147. The minimum Gasteiger partial charge on any atom is -0.490 e. The molecule has 0 aliphatic rings. The van der Waals surface area contributed by atoms with E-state index in [0.29, 0.717) is 0 Å². The van der Waals surface area contributed by atoms with Gasteiger partial charge in [-0.1, -0.05) is 17.3 Å². The van der Waals surface area contributed by atoms with E-state index in [9.17, 15) is 0 Å². The van der Waals surface area contributed by atoms with Crippen molar-refractivity contribution in [2.75, 3.05) is 0 Å². The van der Waals surface area contributed by atoms with Gasteiger partial charge in [0.2, 0.25) is 0 Å². The molecule has 0 atom stereocenters. The average molecular weight is 217 g/mol. The molecule has 0 aliphatic carbocycles. The van der Waals surface area contributed by atoms with Gasteiger partial charge in [0.05, 0.1) is 6.10 Å². The number of nitrogens with zero attached hydrogens (tertiary/aromatic N) is 1. The Labute approximate surface area is 95.0 Å². The predicted molar refractivity (Wildman–Crippen MR) is 62.4 cm³/mol. The van der Waals surface area contributed by atoms with Gasteiger partial charge in [-0.15, -0.1) is 0 Å². The van der Waals surface area contributed by atoms with Crippen molar-refractivity contribution in [1.82, 2.24) is 5.16 Å². The van der Waals surface area contributed by atoms with Gasteiger partial charge in [0.15, 0.2) is 0 Å². The van der Waals surface area contributed by atoms with E-state index in [2.05, 4.69) is 5.16 Å². The van der Waals surface area contributed by atoms with E-state index in [1.165, 1.54) is 0 Å². The van der Waals surface area contributed by atoms with Crippen LogP contribution in [0.1, 0.15) is 19.6 Å². The van der Waals surface area contributed by atoms with E-state index in [4.69, 9.17) is 9.26 Å². The average Bonchev–Trinajstić information content (AvgIpc) is 2.65. The van der Waals surface area contributed by atoms with Crippen LogP contribution in [0, 0.1) is 6.92 Å². The van der Waals surface area contributed by atoms with Gasteiger partial charge in [-0.3, -0.25) is 0 Å². The summed E-state index contributed by atoms with van der Waals surface area (Å²) in [4.78, 5) is 0. The molecule has 0 aliphatic heterocycles. The summed E-state index contributed by atoms with van der Waals surface area (Å²) in [5.41, 5.74) is 1.78. The quantitative estimate of drug-likeness (QED) is 0.790. The number of para-hydroxylation sites is 1.